The molecule has 0 heterocycles. The second kappa shape index (κ2) is 33.8. The number of phosphoric ester groups is 1. The summed E-state index contributed by atoms with van der Waals surface area (Å²) < 4.78 is 23.0. The maximum Gasteiger partial charge on any atom is 0.268 e. The van der Waals surface area contributed by atoms with E-state index in [1.165, 1.54) is 116 Å². The number of nitrogens with zero attached hydrogens (tertiary/aromatic N) is 1. The van der Waals surface area contributed by atoms with Gasteiger partial charge in [0.05, 0.1) is 39.9 Å². The fourth-order valence-corrected chi connectivity index (χ4v) is 6.55. The molecule has 0 aromatic rings. The maximum absolute atomic E-state index is 12.8. The molecule has 8 nitrogen and oxygen atoms in total. The molecule has 3 atom stereocenters. The molecule has 0 aliphatic heterocycles. The molecule has 0 spiro atoms. The molecule has 0 fully saturated rings. The van der Waals surface area contributed by atoms with E-state index in [1.807, 2.05) is 27.2 Å². The molecular formula is C41H81N2O6P. The van der Waals surface area contributed by atoms with Crippen molar-refractivity contribution < 1.29 is 32.9 Å². The molecule has 0 aromatic heterocycles. The molecule has 0 saturated heterocycles. The Kier molecular flexibility index (Phi) is 33.1. The third-order valence-electron chi connectivity index (χ3n) is 9.15. The van der Waals surface area contributed by atoms with Crippen molar-refractivity contribution in [3.8, 4) is 0 Å². The fourth-order valence-electron chi connectivity index (χ4n) is 5.82. The van der Waals surface area contributed by atoms with Crippen LogP contribution in [-0.2, 0) is 18.4 Å². The van der Waals surface area contributed by atoms with E-state index in [0.29, 0.717) is 17.4 Å². The van der Waals surface area contributed by atoms with Crippen LogP contribution in [-0.4, -0.2) is 68.5 Å². The van der Waals surface area contributed by atoms with Crippen LogP contribution in [0.1, 0.15) is 181 Å². The molecule has 50 heavy (non-hydrogen) atoms. The molecule has 0 aliphatic rings. The van der Waals surface area contributed by atoms with Crippen molar-refractivity contribution >= 4 is 13.7 Å². The predicted octanol–water partition coefficient (Wildman–Crippen LogP) is 10.3. The number of hydrogen-bond acceptors (Lipinski definition) is 6. The van der Waals surface area contributed by atoms with Crippen molar-refractivity contribution in [1.82, 2.24) is 5.32 Å². The van der Waals surface area contributed by atoms with Gasteiger partial charge in [-0.1, -0.05) is 173 Å². The molecule has 0 saturated carbocycles. The summed E-state index contributed by atoms with van der Waals surface area (Å²) >= 11 is 0. The van der Waals surface area contributed by atoms with Crippen LogP contribution in [0.15, 0.2) is 24.3 Å². The Hall–Kier alpha value is -1.02. The van der Waals surface area contributed by atoms with E-state index in [0.717, 1.165) is 44.9 Å². The highest BCUT2D eigenvalue weighted by atomic mass is 31.2. The molecule has 296 valence electrons. The third-order valence-corrected chi connectivity index (χ3v) is 10.1. The van der Waals surface area contributed by atoms with Gasteiger partial charge in [0.15, 0.2) is 0 Å². The van der Waals surface area contributed by atoms with Crippen molar-refractivity contribution in [2.24, 2.45) is 0 Å². The van der Waals surface area contributed by atoms with Crippen LogP contribution >= 0.6 is 7.82 Å². The Morgan fingerprint density at radius 1 is 0.680 bits per heavy atom. The molecule has 0 rings (SSSR count). The van der Waals surface area contributed by atoms with E-state index in [-0.39, 0.29) is 12.5 Å². The molecule has 9 heteroatoms. The van der Waals surface area contributed by atoms with Crippen molar-refractivity contribution in [3.05, 3.63) is 24.3 Å². The average Bonchev–Trinajstić information content (AvgIpc) is 3.06. The number of nitrogens with one attached hydrogen (secondary N) is 1. The van der Waals surface area contributed by atoms with Gasteiger partial charge in [0, 0.05) is 6.42 Å². The molecule has 0 radical (unpaired) electrons. The average molecular weight is 729 g/mol. The van der Waals surface area contributed by atoms with Crippen molar-refractivity contribution in [3.63, 3.8) is 0 Å². The Morgan fingerprint density at radius 2 is 1.12 bits per heavy atom. The van der Waals surface area contributed by atoms with E-state index in [1.54, 1.807) is 6.08 Å². The number of quaternary nitrogens is 1. The molecular weight excluding hydrogens is 647 g/mol. The quantitative estimate of drug-likeness (QED) is 0.0285. The zero-order chi connectivity index (χ0) is 37.2. The smallest absolute Gasteiger partial charge is 0.268 e. The van der Waals surface area contributed by atoms with E-state index < -0.39 is 26.6 Å². The van der Waals surface area contributed by atoms with E-state index in [2.05, 4.69) is 31.3 Å². The summed E-state index contributed by atoms with van der Waals surface area (Å²) in [5.41, 5.74) is 0. The van der Waals surface area contributed by atoms with Crippen LogP contribution in [0, 0.1) is 0 Å². The number of carbonyl (C=O) groups is 1. The number of allylic oxidation sites excluding steroid dienone is 3. The first-order valence-corrected chi connectivity index (χ1v) is 22.2. The lowest BCUT2D eigenvalue weighted by atomic mass is 10.0. The fraction of sp³-hybridized carbons (Fsp3) is 0.878. The van der Waals surface area contributed by atoms with Gasteiger partial charge in [0.1, 0.15) is 13.2 Å². The number of carbonyl (C=O) groups excluding carboxylic acids is 1. The first-order chi connectivity index (χ1) is 24.0. The van der Waals surface area contributed by atoms with Crippen LogP contribution in [0.25, 0.3) is 0 Å². The lowest BCUT2D eigenvalue weighted by Gasteiger charge is -2.29. The number of rotatable bonds is 37. The lowest BCUT2D eigenvalue weighted by molar-refractivity contribution is -0.870. The summed E-state index contributed by atoms with van der Waals surface area (Å²) in [7, 11) is 1.24. The van der Waals surface area contributed by atoms with E-state index in [9.17, 15) is 19.4 Å². The molecule has 1 amide bonds. The Morgan fingerprint density at radius 3 is 1.58 bits per heavy atom. The van der Waals surface area contributed by atoms with Gasteiger partial charge in [-0.05, 0) is 25.7 Å². The van der Waals surface area contributed by atoms with Crippen LogP contribution in [0.4, 0.5) is 0 Å². The van der Waals surface area contributed by atoms with Gasteiger partial charge in [-0.3, -0.25) is 9.36 Å². The van der Waals surface area contributed by atoms with Gasteiger partial charge < -0.3 is 28.8 Å². The standard InChI is InChI=1S/C41H81N2O6P/c1-6-8-10-12-14-15-16-17-18-19-20-21-22-23-24-25-26-27-29-31-33-35-41(45)42-39(40(44)34-32-30-28-13-11-9-7-2)38-49-50(46,47)48-37-36-43(3,4)5/h11,13,32,34,39-40,44H,6-10,12,14-31,33,35-38H2,1-5H3,(H-,42,45,46,47)/b13-11+,34-32+. The number of phosphoric acid groups is 1. The van der Waals surface area contributed by atoms with Crippen molar-refractivity contribution in [2.45, 2.75) is 193 Å². The first kappa shape index (κ1) is 49.0. The van der Waals surface area contributed by atoms with Crippen LogP contribution in [0.2, 0.25) is 0 Å². The summed E-state index contributed by atoms with van der Waals surface area (Å²) in [6.45, 7) is 4.51. The number of aliphatic hydroxyl groups is 1. The third kappa shape index (κ3) is 35.4. The Labute approximate surface area is 309 Å². The van der Waals surface area contributed by atoms with E-state index >= 15 is 0 Å². The monoisotopic (exact) mass is 729 g/mol. The number of unbranched alkanes of at least 4 members (excludes halogenated alkanes) is 22. The van der Waals surface area contributed by atoms with Gasteiger partial charge in [0.25, 0.3) is 7.82 Å². The highest BCUT2D eigenvalue weighted by Gasteiger charge is 2.23. The van der Waals surface area contributed by atoms with E-state index in [4.69, 9.17) is 9.05 Å². The summed E-state index contributed by atoms with van der Waals surface area (Å²) in [5.74, 6) is -0.210. The number of likely N-dealkylation sites (N-methyl/N-ethyl adjacent to an activating group) is 1. The zero-order valence-corrected chi connectivity index (χ0v) is 34.2. The molecule has 0 bridgehead atoms. The van der Waals surface area contributed by atoms with Gasteiger partial charge >= 0.3 is 0 Å². The minimum Gasteiger partial charge on any atom is -0.756 e. The second-order valence-corrected chi connectivity index (χ2v) is 16.8. The SMILES string of the molecule is CCC/C=C/CC/C=C/C(O)C(COP(=O)([O-])OCC[N+](C)(C)C)NC(=O)CCCCCCCCCCCCCCCCCCCCCCC. The normalized spacial score (nSPS) is 14.8. The number of hydrogen-bond donors (Lipinski definition) is 2. The zero-order valence-electron chi connectivity index (χ0n) is 33.4. The minimum absolute atomic E-state index is 0.00517. The molecule has 0 aromatic carbocycles. The maximum atomic E-state index is 12.8. The summed E-state index contributed by atoms with van der Waals surface area (Å²) in [5, 5.41) is 13.6. The van der Waals surface area contributed by atoms with Crippen LogP contribution in [0.3, 0.4) is 0 Å². The predicted molar refractivity (Wildman–Crippen MR) is 210 cm³/mol. The summed E-state index contributed by atoms with van der Waals surface area (Å²) in [6, 6.07) is -0.895. The molecule has 3 unspecified atom stereocenters. The highest BCUT2D eigenvalue weighted by molar-refractivity contribution is 7.45. The number of amides is 1. The van der Waals surface area contributed by atoms with Gasteiger partial charge in [-0.2, -0.15) is 0 Å². The minimum atomic E-state index is -4.58. The van der Waals surface area contributed by atoms with Gasteiger partial charge in [0.2, 0.25) is 5.91 Å². The topological polar surface area (TPSA) is 108 Å². The number of aliphatic hydroxyl groups excluding tert-OH is 1. The Bertz CT molecular complexity index is 876. The van der Waals surface area contributed by atoms with Gasteiger partial charge in [-0.25, -0.2) is 0 Å². The molecule has 0 aliphatic carbocycles. The summed E-state index contributed by atoms with van der Waals surface area (Å²) in [4.78, 5) is 25.1. The van der Waals surface area contributed by atoms with Crippen LogP contribution in [0.5, 0.6) is 0 Å². The molecule has 2 N–H and O–H groups in total. The van der Waals surface area contributed by atoms with Gasteiger partial charge in [-0.15, -0.1) is 0 Å². The highest BCUT2D eigenvalue weighted by Crippen LogP contribution is 2.38. The van der Waals surface area contributed by atoms with Crippen LogP contribution < -0.4 is 10.2 Å². The van der Waals surface area contributed by atoms with Crippen molar-refractivity contribution in [2.75, 3.05) is 40.9 Å². The summed E-state index contributed by atoms with van der Waals surface area (Å²) in [6.07, 6.45) is 38.3. The largest absolute Gasteiger partial charge is 0.756 e. The Balaban J connectivity index is 4.18. The lowest BCUT2D eigenvalue weighted by Crippen LogP contribution is -2.45. The first-order valence-electron chi connectivity index (χ1n) is 20.7. The van der Waals surface area contributed by atoms with Crippen molar-refractivity contribution in [1.29, 1.82) is 0 Å². The second-order valence-electron chi connectivity index (χ2n) is 15.3.